The summed E-state index contributed by atoms with van der Waals surface area (Å²) in [6, 6.07) is 1.74. The number of amides is 1. The summed E-state index contributed by atoms with van der Waals surface area (Å²) in [5, 5.41) is 0. The number of carbonyl (C=O) groups excluding carboxylic acids is 2. The van der Waals surface area contributed by atoms with E-state index in [-0.39, 0.29) is 12.5 Å². The zero-order chi connectivity index (χ0) is 13.0. The number of aromatic nitrogens is 1. The van der Waals surface area contributed by atoms with Crippen molar-refractivity contribution < 1.29 is 14.3 Å². The number of hydrogen-bond acceptors (Lipinski definition) is 3. The van der Waals surface area contributed by atoms with Crippen molar-refractivity contribution in [2.75, 3.05) is 20.7 Å². The van der Waals surface area contributed by atoms with Gasteiger partial charge in [0.25, 0.3) is 5.91 Å². The highest BCUT2D eigenvalue weighted by Crippen LogP contribution is 2.16. The molecule has 0 aliphatic carbocycles. The Bertz CT molecular complexity index is 428. The molecule has 0 saturated carbocycles. The second-order valence-electron chi connectivity index (χ2n) is 3.57. The summed E-state index contributed by atoms with van der Waals surface area (Å²) in [4.78, 5) is 24.5. The highest BCUT2D eigenvalue weighted by atomic mass is 79.9. The Morgan fingerprint density at radius 3 is 2.71 bits per heavy atom. The third-order valence-corrected chi connectivity index (χ3v) is 2.80. The van der Waals surface area contributed by atoms with E-state index in [9.17, 15) is 9.59 Å². The number of aryl methyl sites for hydroxylation is 1. The molecule has 1 aromatic heterocycles. The molecular formula is C11H15BrN2O3. The Morgan fingerprint density at radius 1 is 1.53 bits per heavy atom. The normalized spacial score (nSPS) is 10.1. The molecule has 5 nitrogen and oxygen atoms in total. The highest BCUT2D eigenvalue weighted by molar-refractivity contribution is 9.10. The molecule has 0 N–H and O–H groups in total. The second-order valence-corrected chi connectivity index (χ2v) is 4.48. The first-order valence-corrected chi connectivity index (χ1v) is 5.96. The molecule has 0 fully saturated rings. The molecule has 0 bridgehead atoms. The van der Waals surface area contributed by atoms with E-state index >= 15 is 0 Å². The van der Waals surface area contributed by atoms with Crippen molar-refractivity contribution in [2.24, 2.45) is 0 Å². The quantitative estimate of drug-likeness (QED) is 0.792. The summed E-state index contributed by atoms with van der Waals surface area (Å²) in [6.07, 6.45) is 1.83. The van der Waals surface area contributed by atoms with E-state index < -0.39 is 5.97 Å². The van der Waals surface area contributed by atoms with E-state index in [0.29, 0.717) is 12.2 Å². The number of ether oxygens (including phenoxy) is 1. The van der Waals surface area contributed by atoms with E-state index in [1.54, 1.807) is 13.1 Å². The Labute approximate surface area is 108 Å². The lowest BCUT2D eigenvalue weighted by Gasteiger charge is -2.16. The summed E-state index contributed by atoms with van der Waals surface area (Å²) in [5.74, 6) is -0.641. The van der Waals surface area contributed by atoms with Crippen LogP contribution in [0.1, 0.15) is 17.4 Å². The van der Waals surface area contributed by atoms with Crippen LogP contribution in [0.5, 0.6) is 0 Å². The van der Waals surface area contributed by atoms with Gasteiger partial charge in [0.2, 0.25) is 0 Å². The molecule has 0 aromatic carbocycles. The third kappa shape index (κ3) is 3.33. The zero-order valence-corrected chi connectivity index (χ0v) is 11.7. The topological polar surface area (TPSA) is 51.5 Å². The molecule has 1 amide bonds. The summed E-state index contributed by atoms with van der Waals surface area (Å²) >= 11 is 3.32. The van der Waals surface area contributed by atoms with Gasteiger partial charge < -0.3 is 14.2 Å². The summed E-state index contributed by atoms with van der Waals surface area (Å²) in [5.41, 5.74) is 0.547. The van der Waals surface area contributed by atoms with Gasteiger partial charge in [-0.25, -0.2) is 0 Å². The number of esters is 1. The molecule has 0 atom stereocenters. The molecule has 0 unspecified atom stereocenters. The first-order valence-electron chi connectivity index (χ1n) is 5.17. The lowest BCUT2D eigenvalue weighted by Crippen LogP contribution is -2.33. The van der Waals surface area contributed by atoms with Crippen LogP contribution in [0.15, 0.2) is 16.7 Å². The predicted octanol–water partition coefficient (Wildman–Crippen LogP) is 1.52. The van der Waals surface area contributed by atoms with Crippen LogP contribution in [0.2, 0.25) is 0 Å². The van der Waals surface area contributed by atoms with Crippen LogP contribution in [0.3, 0.4) is 0 Å². The molecule has 1 heterocycles. The number of likely N-dealkylation sites (N-methyl/N-ethyl adjacent to an activating group) is 1. The monoisotopic (exact) mass is 302 g/mol. The smallest absolute Gasteiger partial charge is 0.325 e. The van der Waals surface area contributed by atoms with Crippen LogP contribution in [0, 0.1) is 0 Å². The lowest BCUT2D eigenvalue weighted by molar-refractivity contribution is -0.141. The van der Waals surface area contributed by atoms with Crippen molar-refractivity contribution in [2.45, 2.75) is 13.5 Å². The van der Waals surface area contributed by atoms with Crippen LogP contribution in [-0.4, -0.2) is 42.0 Å². The molecular weight excluding hydrogens is 288 g/mol. The summed E-state index contributed by atoms with van der Waals surface area (Å²) in [7, 11) is 2.87. The molecule has 1 rings (SSSR count). The largest absolute Gasteiger partial charge is 0.468 e. The minimum absolute atomic E-state index is 0.0537. The van der Waals surface area contributed by atoms with Crippen LogP contribution in [0.25, 0.3) is 0 Å². The van der Waals surface area contributed by atoms with E-state index in [0.717, 1.165) is 4.47 Å². The number of hydrogen-bond donors (Lipinski definition) is 0. The van der Waals surface area contributed by atoms with Crippen molar-refractivity contribution in [3.63, 3.8) is 0 Å². The molecule has 6 heteroatoms. The van der Waals surface area contributed by atoms with Gasteiger partial charge in [0.15, 0.2) is 0 Å². The predicted molar refractivity (Wildman–Crippen MR) is 66.8 cm³/mol. The van der Waals surface area contributed by atoms with Crippen LogP contribution in [0.4, 0.5) is 0 Å². The molecule has 0 radical (unpaired) electrons. The summed E-state index contributed by atoms with van der Waals surface area (Å²) in [6.45, 7) is 2.59. The van der Waals surface area contributed by atoms with E-state index in [1.807, 2.05) is 17.7 Å². The number of carbonyl (C=O) groups is 2. The average Bonchev–Trinajstić information content (AvgIpc) is 2.69. The van der Waals surface area contributed by atoms with Gasteiger partial charge in [-0.3, -0.25) is 9.59 Å². The SMILES string of the molecule is CCn1cc(Br)cc1C(=O)N(C)CC(=O)OC. The fourth-order valence-corrected chi connectivity index (χ4v) is 1.90. The lowest BCUT2D eigenvalue weighted by atomic mass is 10.3. The third-order valence-electron chi connectivity index (χ3n) is 2.36. The molecule has 1 aromatic rings. The molecule has 94 valence electrons. The fourth-order valence-electron chi connectivity index (χ4n) is 1.44. The Kier molecular flexibility index (Phi) is 4.74. The minimum Gasteiger partial charge on any atom is -0.468 e. The van der Waals surface area contributed by atoms with Crippen molar-refractivity contribution >= 4 is 27.8 Å². The second kappa shape index (κ2) is 5.86. The van der Waals surface area contributed by atoms with Gasteiger partial charge in [0, 0.05) is 24.3 Å². The summed E-state index contributed by atoms with van der Waals surface area (Å²) < 4.78 is 7.18. The van der Waals surface area contributed by atoms with Gasteiger partial charge in [0.05, 0.1) is 7.11 Å². The maximum absolute atomic E-state index is 12.1. The van der Waals surface area contributed by atoms with Gasteiger partial charge in [-0.05, 0) is 28.9 Å². The highest BCUT2D eigenvalue weighted by Gasteiger charge is 2.18. The molecule has 0 spiro atoms. The molecule has 0 aliphatic heterocycles. The van der Waals surface area contributed by atoms with Gasteiger partial charge in [-0.15, -0.1) is 0 Å². The standard InChI is InChI=1S/C11H15BrN2O3/c1-4-14-6-8(12)5-9(14)11(16)13(2)7-10(15)17-3/h5-6H,4,7H2,1-3H3. The van der Waals surface area contributed by atoms with Crippen LogP contribution < -0.4 is 0 Å². The first kappa shape index (κ1) is 13.8. The zero-order valence-electron chi connectivity index (χ0n) is 10.1. The molecule has 0 saturated heterocycles. The van der Waals surface area contributed by atoms with Crippen molar-refractivity contribution in [3.8, 4) is 0 Å². The number of methoxy groups -OCH3 is 1. The van der Waals surface area contributed by atoms with E-state index in [2.05, 4.69) is 20.7 Å². The number of rotatable bonds is 4. The Balaban J connectivity index is 2.84. The fraction of sp³-hybridized carbons (Fsp3) is 0.455. The van der Waals surface area contributed by atoms with Gasteiger partial charge in [-0.1, -0.05) is 0 Å². The first-order chi connectivity index (χ1) is 7.99. The Hall–Kier alpha value is -1.30. The number of nitrogens with zero attached hydrogens (tertiary/aromatic N) is 2. The van der Waals surface area contributed by atoms with Crippen molar-refractivity contribution in [1.29, 1.82) is 0 Å². The maximum Gasteiger partial charge on any atom is 0.325 e. The van der Waals surface area contributed by atoms with Crippen molar-refractivity contribution in [3.05, 3.63) is 22.4 Å². The van der Waals surface area contributed by atoms with E-state index in [1.165, 1.54) is 12.0 Å². The number of halogens is 1. The van der Waals surface area contributed by atoms with E-state index in [4.69, 9.17) is 0 Å². The van der Waals surface area contributed by atoms with Crippen LogP contribution in [-0.2, 0) is 16.1 Å². The van der Waals surface area contributed by atoms with Gasteiger partial charge in [-0.2, -0.15) is 0 Å². The van der Waals surface area contributed by atoms with Crippen LogP contribution >= 0.6 is 15.9 Å². The average molecular weight is 303 g/mol. The van der Waals surface area contributed by atoms with Crippen molar-refractivity contribution in [1.82, 2.24) is 9.47 Å². The van der Waals surface area contributed by atoms with Gasteiger partial charge >= 0.3 is 5.97 Å². The Morgan fingerprint density at radius 2 is 2.18 bits per heavy atom. The molecule has 0 aliphatic rings. The molecule has 17 heavy (non-hydrogen) atoms. The van der Waals surface area contributed by atoms with Gasteiger partial charge in [0.1, 0.15) is 12.2 Å². The maximum atomic E-state index is 12.1. The minimum atomic E-state index is -0.436.